The van der Waals surface area contributed by atoms with Crippen molar-refractivity contribution in [3.05, 3.63) is 66.2 Å². The first-order valence-electron chi connectivity index (χ1n) is 7.75. The van der Waals surface area contributed by atoms with Crippen molar-refractivity contribution in [2.24, 2.45) is 5.73 Å². The molecule has 0 aliphatic rings. The van der Waals surface area contributed by atoms with Crippen LogP contribution in [0.1, 0.15) is 12.5 Å². The molecule has 27 heavy (non-hydrogen) atoms. The third kappa shape index (κ3) is 8.21. The second kappa shape index (κ2) is 11.3. The first-order valence-corrected chi connectivity index (χ1v) is 11.0. The zero-order valence-electron chi connectivity index (χ0n) is 14.5. The Balaban J connectivity index is 0.000000277. The van der Waals surface area contributed by atoms with Gasteiger partial charge in [0.15, 0.2) is 0 Å². The zero-order valence-corrected chi connectivity index (χ0v) is 16.4. The van der Waals surface area contributed by atoms with Gasteiger partial charge in [0.05, 0.1) is 0 Å². The van der Waals surface area contributed by atoms with Crippen LogP contribution < -0.4 is 15.6 Å². The van der Waals surface area contributed by atoms with E-state index in [4.69, 9.17) is 16.1 Å². The van der Waals surface area contributed by atoms with E-state index in [0.29, 0.717) is 6.42 Å². The molecule has 0 heterocycles. The number of carboxylic acids is 1. The molecule has 0 saturated carbocycles. The van der Waals surface area contributed by atoms with Crippen LogP contribution in [-0.2, 0) is 27.5 Å². The van der Waals surface area contributed by atoms with Gasteiger partial charge in [0.2, 0.25) is 0 Å². The molecule has 0 radical (unpaired) electrons. The van der Waals surface area contributed by atoms with Gasteiger partial charge in [-0.2, -0.15) is 0 Å². The van der Waals surface area contributed by atoms with Crippen molar-refractivity contribution in [1.82, 2.24) is 5.48 Å². The summed E-state index contributed by atoms with van der Waals surface area (Å²) in [7, 11) is 0. The minimum atomic E-state index is -4.55. The van der Waals surface area contributed by atoms with E-state index in [-0.39, 0.29) is 4.35 Å². The van der Waals surface area contributed by atoms with Crippen LogP contribution >= 0.6 is 0 Å². The van der Waals surface area contributed by atoms with Gasteiger partial charge in [-0.25, -0.2) is 0 Å². The molecule has 2 atom stereocenters. The van der Waals surface area contributed by atoms with E-state index in [2.05, 4.69) is 7.70 Å². The molecule has 0 saturated heterocycles. The normalized spacial score (nSPS) is 13.4. The Bertz CT molecular complexity index is 771. The number of hydroxylamine groups is 1. The second-order valence-electron chi connectivity index (χ2n) is 5.30. The Labute approximate surface area is 159 Å². The van der Waals surface area contributed by atoms with E-state index in [1.54, 1.807) is 18.2 Å². The molecule has 0 aliphatic heterocycles. The molecule has 2 aromatic carbocycles. The Morgan fingerprint density at radius 3 is 2.07 bits per heavy atom. The quantitative estimate of drug-likeness (QED) is 0.276. The topological polar surface area (TPSA) is 148 Å². The molecule has 5 N–H and O–H groups in total. The number of hydrogen-bond donors (Lipinski definition) is 4. The van der Waals surface area contributed by atoms with Gasteiger partial charge in [-0.1, -0.05) is 30.3 Å². The molecule has 0 aromatic heterocycles. The maximum absolute atomic E-state index is 11.8. The molecule has 2 aromatic rings. The number of rotatable bonds is 7. The number of amides is 1. The first-order chi connectivity index (χ1) is 12.8. The summed E-state index contributed by atoms with van der Waals surface area (Å²) in [6.07, 6.45) is 0.385. The fourth-order valence-corrected chi connectivity index (χ4v) is 3.94. The molecule has 0 fully saturated rings. The Morgan fingerprint density at radius 2 is 1.63 bits per heavy atom. The number of benzene rings is 2. The number of hydrogen-bond acceptors (Lipinski definition) is 7. The molecular weight excluding hydrogens is 419 g/mol. The minimum Gasteiger partial charge on any atom is -0.480 e. The zero-order chi connectivity index (χ0) is 20.3. The summed E-state index contributed by atoms with van der Waals surface area (Å²) < 4.78 is 20.5. The molecule has 1 amide bonds. The molecule has 10 heteroatoms. The molecule has 2 unspecified atom stereocenters. The van der Waals surface area contributed by atoms with Gasteiger partial charge in [-0.3, -0.25) is 4.79 Å². The molecule has 0 bridgehead atoms. The van der Waals surface area contributed by atoms with Crippen molar-refractivity contribution < 1.29 is 31.4 Å². The van der Waals surface area contributed by atoms with Crippen LogP contribution in [0.2, 0.25) is 0 Å². The van der Waals surface area contributed by atoms with Crippen LogP contribution in [0.3, 0.4) is 0 Å². The van der Waals surface area contributed by atoms with E-state index < -0.39 is 32.1 Å². The smallest absolute Gasteiger partial charge is 0.320 e. The summed E-state index contributed by atoms with van der Waals surface area (Å²) in [6.45, 7) is 1.18. The molecule has 146 valence electrons. The maximum Gasteiger partial charge on any atom is 0.320 e. The van der Waals surface area contributed by atoms with E-state index in [1.807, 2.05) is 35.8 Å². The average molecular weight is 440 g/mol. The maximum atomic E-state index is 11.8. The molecule has 0 spiro atoms. The van der Waals surface area contributed by atoms with Gasteiger partial charge < -0.3 is 10.8 Å². The van der Waals surface area contributed by atoms with E-state index in [1.165, 1.54) is 19.1 Å². The van der Waals surface area contributed by atoms with Gasteiger partial charge in [-0.05, 0) is 12.0 Å². The predicted molar refractivity (Wildman–Crippen MR) is 96.9 cm³/mol. The summed E-state index contributed by atoms with van der Waals surface area (Å²) in [5, 5.41) is 17.1. The van der Waals surface area contributed by atoms with Crippen molar-refractivity contribution in [2.75, 3.05) is 0 Å². The van der Waals surface area contributed by atoms with Gasteiger partial charge >= 0.3 is 94.6 Å². The first kappa shape index (κ1) is 22.6. The van der Waals surface area contributed by atoms with Gasteiger partial charge in [-0.15, -0.1) is 0 Å². The largest absolute Gasteiger partial charge is 0.480 e. The summed E-state index contributed by atoms with van der Waals surface area (Å²) in [5.74, 6) is -1.50. The minimum absolute atomic E-state index is 0.201. The monoisotopic (exact) mass is 440 g/mol. The second-order valence-corrected chi connectivity index (χ2v) is 9.20. The summed E-state index contributed by atoms with van der Waals surface area (Å²) in [4.78, 5) is 20.9. The molecule has 0 aliphatic carbocycles. The van der Waals surface area contributed by atoms with Crippen LogP contribution in [0.5, 0.6) is 0 Å². The van der Waals surface area contributed by atoms with Crippen molar-refractivity contribution >= 4 is 30.4 Å². The number of carboxylic acid groups (broad SMARTS) is 1. The third-order valence-corrected chi connectivity index (χ3v) is 6.20. The Morgan fingerprint density at radius 1 is 1.11 bits per heavy atom. The van der Waals surface area contributed by atoms with Crippen molar-refractivity contribution in [1.29, 1.82) is 0 Å². The van der Waals surface area contributed by atoms with Crippen LogP contribution in [0.15, 0.2) is 60.7 Å². The summed E-state index contributed by atoms with van der Waals surface area (Å²) in [5.41, 5.74) is 8.18. The van der Waals surface area contributed by atoms with Crippen molar-refractivity contribution in [2.45, 2.75) is 19.4 Å². The van der Waals surface area contributed by atoms with E-state index in [0.717, 1.165) is 5.56 Å². The Kier molecular flexibility index (Phi) is 9.49. The van der Waals surface area contributed by atoms with Crippen molar-refractivity contribution in [3.8, 4) is 0 Å². The van der Waals surface area contributed by atoms with Crippen LogP contribution in [0.4, 0.5) is 0 Å². The van der Waals surface area contributed by atoms with Crippen LogP contribution in [-0.4, -0.2) is 42.5 Å². The Hall–Kier alpha value is -2.42. The number of carbonyl (C=O) groups is 2. The number of carbonyl (C=O) groups excluding carboxylic acids is 1. The van der Waals surface area contributed by atoms with Gasteiger partial charge in [0, 0.05) is 0 Å². The van der Waals surface area contributed by atoms with Crippen LogP contribution in [0.25, 0.3) is 0 Å². The average Bonchev–Trinajstić information content (AvgIpc) is 2.68. The molecule has 2 rings (SSSR count). The predicted octanol–water partition coefficient (Wildman–Crippen LogP) is 0.461. The summed E-state index contributed by atoms with van der Waals surface area (Å²) in [6, 6.07) is 16.4. The van der Waals surface area contributed by atoms with Gasteiger partial charge in [0.25, 0.3) is 0 Å². The number of nitrogens with two attached hydrogens (primary N) is 1. The van der Waals surface area contributed by atoms with Crippen molar-refractivity contribution in [3.63, 3.8) is 0 Å². The van der Waals surface area contributed by atoms with E-state index in [9.17, 15) is 13.3 Å². The number of nitrogens with one attached hydrogen (secondary N) is 1. The van der Waals surface area contributed by atoms with Crippen LogP contribution in [0, 0.1) is 0 Å². The standard InChI is InChI=1S/C9H11NO2.C8H10AsNO5/c10-8(9(11)12)6-7-4-2-1-3-5-7;1-7(11)10-14-9(12,15-13)8-5-3-2-4-6-8/h1-5,8H,6,10H2,(H,11,12);2-6,13H,1H3,(H,10,11). The fourth-order valence-electron chi connectivity index (χ4n) is 1.81. The molecular formula is C17H21AsN2O7. The van der Waals surface area contributed by atoms with E-state index >= 15 is 0 Å². The third-order valence-electron chi connectivity index (χ3n) is 3.11. The summed E-state index contributed by atoms with van der Waals surface area (Å²) >= 11 is -4.55. The SMILES string of the molecule is CC(=O)NO[As](=O)(OO)c1ccccc1.NC(Cc1ccccc1)C(=O)O. The van der Waals surface area contributed by atoms with Gasteiger partial charge in [0.1, 0.15) is 6.04 Å². The number of aliphatic carboxylic acids is 1. The fraction of sp³-hybridized carbons (Fsp3) is 0.176. The molecule has 9 nitrogen and oxygen atoms in total.